The Kier molecular flexibility index (Phi) is 6.38. The minimum Gasteiger partial charge on any atom is -0.377 e. The lowest BCUT2D eigenvalue weighted by atomic mass is 10.1. The van der Waals surface area contributed by atoms with Crippen molar-refractivity contribution in [1.29, 1.82) is 0 Å². The molecule has 0 amide bonds. The van der Waals surface area contributed by atoms with Crippen LogP contribution in [0.5, 0.6) is 0 Å². The average Bonchev–Trinajstić information content (AvgIpc) is 2.28. The van der Waals surface area contributed by atoms with Gasteiger partial charge in [0.25, 0.3) is 0 Å². The van der Waals surface area contributed by atoms with Crippen molar-refractivity contribution in [3.63, 3.8) is 0 Å². The van der Waals surface area contributed by atoms with Gasteiger partial charge in [-0.1, -0.05) is 0 Å². The molecule has 2 atom stereocenters. The SMILES string of the molecule is CCOC1CCCN(C(C)CNCC(F)(F)F)C1. The van der Waals surface area contributed by atoms with E-state index in [-0.39, 0.29) is 12.1 Å². The minimum absolute atomic E-state index is 0.107. The van der Waals surface area contributed by atoms with Gasteiger partial charge in [-0.2, -0.15) is 13.2 Å². The first-order valence-electron chi connectivity index (χ1n) is 6.55. The number of piperidine rings is 1. The molecule has 6 heteroatoms. The third-order valence-corrected chi connectivity index (χ3v) is 3.20. The van der Waals surface area contributed by atoms with E-state index >= 15 is 0 Å². The normalized spacial score (nSPS) is 24.2. The Bertz CT molecular complexity index is 234. The number of hydrogen-bond acceptors (Lipinski definition) is 3. The highest BCUT2D eigenvalue weighted by Gasteiger charge is 2.28. The number of alkyl halides is 3. The summed E-state index contributed by atoms with van der Waals surface area (Å²) in [5.74, 6) is 0. The van der Waals surface area contributed by atoms with E-state index in [1.807, 2.05) is 13.8 Å². The zero-order valence-electron chi connectivity index (χ0n) is 11.1. The van der Waals surface area contributed by atoms with E-state index in [4.69, 9.17) is 4.74 Å². The number of nitrogens with zero attached hydrogens (tertiary/aromatic N) is 1. The highest BCUT2D eigenvalue weighted by Crippen LogP contribution is 2.16. The number of ether oxygens (including phenoxy) is 1. The van der Waals surface area contributed by atoms with Crippen molar-refractivity contribution < 1.29 is 17.9 Å². The van der Waals surface area contributed by atoms with Crippen LogP contribution in [0.15, 0.2) is 0 Å². The van der Waals surface area contributed by atoms with Crippen molar-refractivity contribution in [2.45, 2.75) is 45.0 Å². The zero-order chi connectivity index (χ0) is 13.6. The van der Waals surface area contributed by atoms with Crippen molar-refractivity contribution in [2.24, 2.45) is 0 Å². The van der Waals surface area contributed by atoms with Crippen LogP contribution in [-0.4, -0.2) is 56.0 Å². The molecular weight excluding hydrogens is 245 g/mol. The second-order valence-electron chi connectivity index (χ2n) is 4.81. The van der Waals surface area contributed by atoms with Gasteiger partial charge in [0.15, 0.2) is 0 Å². The van der Waals surface area contributed by atoms with Crippen molar-refractivity contribution in [3.8, 4) is 0 Å². The first-order valence-corrected chi connectivity index (χ1v) is 6.55. The highest BCUT2D eigenvalue weighted by molar-refractivity contribution is 4.78. The van der Waals surface area contributed by atoms with Gasteiger partial charge in [-0.05, 0) is 33.2 Å². The third-order valence-electron chi connectivity index (χ3n) is 3.20. The lowest BCUT2D eigenvalue weighted by Crippen LogP contribution is -2.48. The van der Waals surface area contributed by atoms with E-state index in [0.717, 1.165) is 25.9 Å². The molecule has 1 aliphatic rings. The molecule has 0 radical (unpaired) electrons. The first-order chi connectivity index (χ1) is 8.42. The summed E-state index contributed by atoms with van der Waals surface area (Å²) in [6, 6.07) is 0.107. The first kappa shape index (κ1) is 15.7. The maximum absolute atomic E-state index is 12.0. The maximum atomic E-state index is 12.0. The summed E-state index contributed by atoms with van der Waals surface area (Å²) in [6.45, 7) is 5.82. The summed E-state index contributed by atoms with van der Waals surface area (Å²) in [7, 11) is 0. The van der Waals surface area contributed by atoms with Crippen LogP contribution < -0.4 is 5.32 Å². The van der Waals surface area contributed by atoms with Crippen molar-refractivity contribution >= 4 is 0 Å². The standard InChI is InChI=1S/C12H23F3N2O/c1-3-18-11-5-4-6-17(8-11)10(2)7-16-9-12(13,14)15/h10-11,16H,3-9H2,1-2H3. The molecule has 0 aliphatic carbocycles. The van der Waals surface area contributed by atoms with Crippen LogP contribution in [-0.2, 0) is 4.74 Å². The average molecular weight is 268 g/mol. The van der Waals surface area contributed by atoms with Crippen LogP contribution in [0, 0.1) is 0 Å². The summed E-state index contributed by atoms with van der Waals surface area (Å²) >= 11 is 0. The fraction of sp³-hybridized carbons (Fsp3) is 1.00. The van der Waals surface area contributed by atoms with Crippen LogP contribution in [0.2, 0.25) is 0 Å². The Morgan fingerprint density at radius 3 is 2.78 bits per heavy atom. The zero-order valence-corrected chi connectivity index (χ0v) is 11.1. The van der Waals surface area contributed by atoms with E-state index < -0.39 is 12.7 Å². The van der Waals surface area contributed by atoms with Gasteiger partial charge in [0.1, 0.15) is 0 Å². The Morgan fingerprint density at radius 2 is 2.17 bits per heavy atom. The van der Waals surface area contributed by atoms with Crippen molar-refractivity contribution in [2.75, 3.05) is 32.8 Å². The minimum atomic E-state index is -4.13. The molecule has 18 heavy (non-hydrogen) atoms. The van der Waals surface area contributed by atoms with E-state index in [1.165, 1.54) is 0 Å². The van der Waals surface area contributed by atoms with E-state index in [2.05, 4.69) is 10.2 Å². The molecule has 2 unspecified atom stereocenters. The Hall–Kier alpha value is -0.330. The molecule has 1 N–H and O–H groups in total. The van der Waals surface area contributed by atoms with Crippen LogP contribution in [0.3, 0.4) is 0 Å². The Balaban J connectivity index is 2.26. The molecule has 3 nitrogen and oxygen atoms in total. The van der Waals surface area contributed by atoms with Gasteiger partial charge < -0.3 is 10.1 Å². The molecule has 1 saturated heterocycles. The molecule has 0 bridgehead atoms. The fourth-order valence-electron chi connectivity index (χ4n) is 2.29. The topological polar surface area (TPSA) is 24.5 Å². The van der Waals surface area contributed by atoms with Gasteiger partial charge in [0, 0.05) is 25.7 Å². The quantitative estimate of drug-likeness (QED) is 0.797. The lowest BCUT2D eigenvalue weighted by molar-refractivity contribution is -0.125. The summed E-state index contributed by atoms with van der Waals surface area (Å²) in [5.41, 5.74) is 0. The smallest absolute Gasteiger partial charge is 0.377 e. The summed E-state index contributed by atoms with van der Waals surface area (Å²) < 4.78 is 41.6. The second kappa shape index (κ2) is 7.31. The molecule has 0 saturated carbocycles. The molecule has 0 aromatic carbocycles. The molecule has 0 aromatic rings. The number of rotatable bonds is 6. The van der Waals surface area contributed by atoms with Gasteiger partial charge in [-0.25, -0.2) is 0 Å². The number of hydrogen-bond donors (Lipinski definition) is 1. The van der Waals surface area contributed by atoms with Gasteiger partial charge in [-0.3, -0.25) is 4.90 Å². The molecule has 1 aliphatic heterocycles. The van der Waals surface area contributed by atoms with Crippen LogP contribution in [0.25, 0.3) is 0 Å². The summed E-state index contributed by atoms with van der Waals surface area (Å²) in [5, 5.41) is 2.46. The predicted octanol–water partition coefficient (Wildman–Crippen LogP) is 2.03. The second-order valence-corrected chi connectivity index (χ2v) is 4.81. The number of halogens is 3. The molecular formula is C12H23F3N2O. The van der Waals surface area contributed by atoms with E-state index in [1.54, 1.807) is 0 Å². The predicted molar refractivity (Wildman–Crippen MR) is 64.6 cm³/mol. The summed E-state index contributed by atoms with van der Waals surface area (Å²) in [6.07, 6.45) is -1.80. The molecule has 1 rings (SSSR count). The summed E-state index contributed by atoms with van der Waals surface area (Å²) in [4.78, 5) is 2.20. The largest absolute Gasteiger partial charge is 0.401 e. The molecule has 108 valence electrons. The number of likely N-dealkylation sites (tertiary alicyclic amines) is 1. The molecule has 0 spiro atoms. The monoisotopic (exact) mass is 268 g/mol. The Labute approximate surface area is 107 Å². The van der Waals surface area contributed by atoms with E-state index in [9.17, 15) is 13.2 Å². The molecule has 1 heterocycles. The van der Waals surface area contributed by atoms with Crippen LogP contribution in [0.4, 0.5) is 13.2 Å². The van der Waals surface area contributed by atoms with Gasteiger partial charge >= 0.3 is 6.18 Å². The van der Waals surface area contributed by atoms with Crippen LogP contribution in [0.1, 0.15) is 26.7 Å². The highest BCUT2D eigenvalue weighted by atomic mass is 19.4. The van der Waals surface area contributed by atoms with Gasteiger partial charge in [0.05, 0.1) is 12.6 Å². The lowest BCUT2D eigenvalue weighted by Gasteiger charge is -2.36. The fourth-order valence-corrected chi connectivity index (χ4v) is 2.29. The number of nitrogens with one attached hydrogen (secondary N) is 1. The van der Waals surface area contributed by atoms with Gasteiger partial charge in [0.2, 0.25) is 0 Å². The van der Waals surface area contributed by atoms with Crippen LogP contribution >= 0.6 is 0 Å². The van der Waals surface area contributed by atoms with Gasteiger partial charge in [-0.15, -0.1) is 0 Å². The maximum Gasteiger partial charge on any atom is 0.401 e. The Morgan fingerprint density at radius 1 is 1.44 bits per heavy atom. The van der Waals surface area contributed by atoms with Crippen molar-refractivity contribution in [3.05, 3.63) is 0 Å². The molecule has 0 aromatic heterocycles. The van der Waals surface area contributed by atoms with Crippen molar-refractivity contribution in [1.82, 2.24) is 10.2 Å². The molecule has 1 fully saturated rings. The van der Waals surface area contributed by atoms with E-state index in [0.29, 0.717) is 13.2 Å². The third kappa shape index (κ3) is 6.02.